The maximum atomic E-state index is 12.8. The van der Waals surface area contributed by atoms with Gasteiger partial charge in [-0.2, -0.15) is 0 Å². The highest BCUT2D eigenvalue weighted by Crippen LogP contribution is 2.36. The number of hydrogen-bond donors (Lipinski definition) is 1. The number of carbonyl (C=O) groups excluding carboxylic acids is 1. The van der Waals surface area contributed by atoms with Crippen molar-refractivity contribution in [1.82, 2.24) is 4.90 Å². The van der Waals surface area contributed by atoms with Crippen LogP contribution in [-0.4, -0.2) is 35.4 Å². The van der Waals surface area contributed by atoms with Gasteiger partial charge in [-0.05, 0) is 43.8 Å². The third-order valence-corrected chi connectivity index (χ3v) is 5.67. The lowest BCUT2D eigenvalue weighted by atomic mass is 10.1. The molecule has 1 amide bonds. The van der Waals surface area contributed by atoms with E-state index in [1.54, 1.807) is 11.3 Å². The Kier molecular flexibility index (Phi) is 5.53. The van der Waals surface area contributed by atoms with E-state index >= 15 is 0 Å². The molecular formula is C18H21N3O4S. The molecule has 1 saturated heterocycles. The molecule has 1 N–H and O–H groups in total. The van der Waals surface area contributed by atoms with E-state index in [1.807, 2.05) is 18.4 Å². The summed E-state index contributed by atoms with van der Waals surface area (Å²) in [5.41, 5.74) is 0.219. The fourth-order valence-electron chi connectivity index (χ4n) is 3.33. The van der Waals surface area contributed by atoms with Crippen LogP contribution in [0.5, 0.6) is 5.75 Å². The van der Waals surface area contributed by atoms with Crippen molar-refractivity contribution in [2.75, 3.05) is 19.0 Å². The topological polar surface area (TPSA) is 84.7 Å². The highest BCUT2D eigenvalue weighted by molar-refractivity contribution is 7.10. The van der Waals surface area contributed by atoms with Gasteiger partial charge in [0, 0.05) is 23.1 Å². The Balaban J connectivity index is 1.77. The third kappa shape index (κ3) is 3.71. The quantitative estimate of drug-likeness (QED) is 0.613. The second-order valence-electron chi connectivity index (χ2n) is 6.22. The van der Waals surface area contributed by atoms with Crippen molar-refractivity contribution in [2.45, 2.75) is 31.8 Å². The van der Waals surface area contributed by atoms with Gasteiger partial charge in [0.05, 0.1) is 23.8 Å². The number of ether oxygens (including phenoxy) is 1. The second-order valence-corrected chi connectivity index (χ2v) is 7.20. The van der Waals surface area contributed by atoms with E-state index in [-0.39, 0.29) is 23.7 Å². The summed E-state index contributed by atoms with van der Waals surface area (Å²) in [5.74, 6) is 0.194. The average Bonchev–Trinajstić information content (AvgIpc) is 3.31. The number of rotatable bonds is 6. The van der Waals surface area contributed by atoms with Crippen molar-refractivity contribution in [2.24, 2.45) is 0 Å². The molecule has 0 radical (unpaired) electrons. The predicted octanol–water partition coefficient (Wildman–Crippen LogP) is 3.83. The lowest BCUT2D eigenvalue weighted by molar-refractivity contribution is -0.384. The zero-order valence-corrected chi connectivity index (χ0v) is 15.5. The van der Waals surface area contributed by atoms with E-state index in [1.165, 1.54) is 30.2 Å². The smallest absolute Gasteiger partial charge is 0.271 e. The maximum absolute atomic E-state index is 12.8. The van der Waals surface area contributed by atoms with Gasteiger partial charge in [-0.25, -0.2) is 0 Å². The molecule has 1 fully saturated rings. The zero-order chi connectivity index (χ0) is 18.7. The minimum absolute atomic E-state index is 0.0913. The Labute approximate surface area is 155 Å². The Bertz CT molecular complexity index is 794. The number of benzene rings is 1. The Morgan fingerprint density at radius 1 is 1.46 bits per heavy atom. The summed E-state index contributed by atoms with van der Waals surface area (Å²) in [7, 11) is 1.47. The van der Waals surface area contributed by atoms with Gasteiger partial charge in [0.15, 0.2) is 0 Å². The lowest BCUT2D eigenvalue weighted by Crippen LogP contribution is -2.41. The molecule has 0 spiro atoms. The van der Waals surface area contributed by atoms with Crippen molar-refractivity contribution in [3.63, 3.8) is 0 Å². The number of nitro benzene ring substituents is 1. The molecule has 0 aliphatic carbocycles. The van der Waals surface area contributed by atoms with Crippen LogP contribution in [-0.2, 0) is 4.79 Å². The molecule has 2 aromatic rings. The third-order valence-electron chi connectivity index (χ3n) is 4.69. The molecule has 7 nitrogen and oxygen atoms in total. The number of hydrogen-bond acceptors (Lipinski definition) is 6. The first kappa shape index (κ1) is 18.3. The summed E-state index contributed by atoms with van der Waals surface area (Å²) in [6.45, 7) is 2.72. The van der Waals surface area contributed by atoms with Crippen LogP contribution in [0.3, 0.4) is 0 Å². The molecule has 26 heavy (non-hydrogen) atoms. The number of methoxy groups -OCH3 is 1. The minimum Gasteiger partial charge on any atom is -0.495 e. The van der Waals surface area contributed by atoms with Gasteiger partial charge in [-0.15, -0.1) is 11.3 Å². The fourth-order valence-corrected chi connectivity index (χ4v) is 4.22. The Morgan fingerprint density at radius 2 is 2.27 bits per heavy atom. The van der Waals surface area contributed by atoms with Crippen molar-refractivity contribution in [3.05, 3.63) is 50.7 Å². The number of amides is 1. The van der Waals surface area contributed by atoms with E-state index in [9.17, 15) is 14.9 Å². The first-order valence-corrected chi connectivity index (χ1v) is 9.31. The molecule has 1 aromatic carbocycles. The van der Waals surface area contributed by atoms with Crippen molar-refractivity contribution in [3.8, 4) is 5.75 Å². The molecule has 3 rings (SSSR count). The summed E-state index contributed by atoms with van der Waals surface area (Å²) < 4.78 is 5.22. The molecule has 0 saturated carbocycles. The molecule has 1 aliphatic rings. The van der Waals surface area contributed by atoms with Gasteiger partial charge in [0.25, 0.3) is 5.69 Å². The number of nitro groups is 1. The second kappa shape index (κ2) is 7.84. The monoisotopic (exact) mass is 375 g/mol. The SMILES string of the molecule is COc1ccc([N+](=O)[O-])cc1NC(=O)[C@@H](C)N1CCC[C@@H]1c1cccs1. The Hall–Kier alpha value is -2.45. The molecule has 1 aliphatic heterocycles. The normalized spacial score (nSPS) is 18.5. The number of anilines is 1. The van der Waals surface area contributed by atoms with E-state index in [4.69, 9.17) is 4.74 Å². The first-order valence-electron chi connectivity index (χ1n) is 8.43. The number of nitrogens with zero attached hydrogens (tertiary/aromatic N) is 2. The lowest BCUT2D eigenvalue weighted by Gasteiger charge is -2.29. The van der Waals surface area contributed by atoms with Crippen LogP contribution in [0, 0.1) is 10.1 Å². The van der Waals surface area contributed by atoms with Gasteiger partial charge >= 0.3 is 0 Å². The first-order chi connectivity index (χ1) is 12.5. The van der Waals surface area contributed by atoms with Gasteiger partial charge in [0.1, 0.15) is 5.75 Å². The van der Waals surface area contributed by atoms with Crippen LogP contribution in [0.4, 0.5) is 11.4 Å². The largest absolute Gasteiger partial charge is 0.495 e. The number of nitrogens with one attached hydrogen (secondary N) is 1. The van der Waals surface area contributed by atoms with Gasteiger partial charge in [0.2, 0.25) is 5.91 Å². The number of non-ortho nitro benzene ring substituents is 1. The summed E-state index contributed by atoms with van der Waals surface area (Å²) in [6, 6.07) is 8.17. The molecule has 0 unspecified atom stereocenters. The fraction of sp³-hybridized carbons (Fsp3) is 0.389. The number of carbonyl (C=O) groups is 1. The summed E-state index contributed by atoms with van der Waals surface area (Å²) >= 11 is 1.70. The highest BCUT2D eigenvalue weighted by Gasteiger charge is 2.33. The van der Waals surface area contributed by atoms with Crippen molar-refractivity contribution in [1.29, 1.82) is 0 Å². The van der Waals surface area contributed by atoms with Crippen molar-refractivity contribution < 1.29 is 14.5 Å². The van der Waals surface area contributed by atoms with E-state index in [0.29, 0.717) is 11.4 Å². The van der Waals surface area contributed by atoms with Gasteiger partial charge in [-0.1, -0.05) is 6.07 Å². The van der Waals surface area contributed by atoms with Crippen LogP contribution in [0.2, 0.25) is 0 Å². The standard InChI is InChI=1S/C18H21N3O4S/c1-12(20-9-3-5-15(20)17-6-4-10-26-17)18(22)19-14-11-13(21(23)24)7-8-16(14)25-2/h4,6-8,10-12,15H,3,5,9H2,1-2H3,(H,19,22)/t12-,15-/m1/s1. The molecule has 2 heterocycles. The number of thiophene rings is 1. The molecule has 0 bridgehead atoms. The summed E-state index contributed by atoms with van der Waals surface area (Å²) in [6.07, 6.45) is 2.07. The Morgan fingerprint density at radius 3 is 2.92 bits per heavy atom. The van der Waals surface area contributed by atoms with Crippen LogP contribution in [0.25, 0.3) is 0 Å². The van der Waals surface area contributed by atoms with E-state index in [2.05, 4.69) is 16.3 Å². The van der Waals surface area contributed by atoms with Crippen LogP contribution in [0.1, 0.15) is 30.7 Å². The van der Waals surface area contributed by atoms with Crippen molar-refractivity contribution >= 4 is 28.6 Å². The van der Waals surface area contributed by atoms with Crippen LogP contribution < -0.4 is 10.1 Å². The molecule has 8 heteroatoms. The molecule has 2 atom stereocenters. The van der Waals surface area contributed by atoms with Gasteiger partial charge in [-0.3, -0.25) is 19.8 Å². The predicted molar refractivity (Wildman–Crippen MR) is 101 cm³/mol. The summed E-state index contributed by atoms with van der Waals surface area (Å²) in [4.78, 5) is 26.7. The van der Waals surface area contributed by atoms with E-state index < -0.39 is 4.92 Å². The minimum atomic E-state index is -0.494. The van der Waals surface area contributed by atoms with E-state index in [0.717, 1.165) is 19.4 Å². The zero-order valence-electron chi connectivity index (χ0n) is 14.7. The summed E-state index contributed by atoms with van der Waals surface area (Å²) in [5, 5.41) is 15.8. The highest BCUT2D eigenvalue weighted by atomic mass is 32.1. The van der Waals surface area contributed by atoms with Crippen LogP contribution in [0.15, 0.2) is 35.7 Å². The van der Waals surface area contributed by atoms with Crippen LogP contribution >= 0.6 is 11.3 Å². The maximum Gasteiger partial charge on any atom is 0.271 e. The molecular weight excluding hydrogens is 354 g/mol. The number of likely N-dealkylation sites (tertiary alicyclic amines) is 1. The molecule has 138 valence electrons. The molecule has 1 aromatic heterocycles. The average molecular weight is 375 g/mol. The van der Waals surface area contributed by atoms with Gasteiger partial charge < -0.3 is 10.1 Å².